The van der Waals surface area contributed by atoms with Crippen LogP contribution in [0.3, 0.4) is 0 Å². The van der Waals surface area contributed by atoms with Crippen LogP contribution in [0.4, 0.5) is 10.3 Å². The summed E-state index contributed by atoms with van der Waals surface area (Å²) in [6.07, 6.45) is 0. The lowest BCUT2D eigenvalue weighted by atomic mass is 10.2. The molecule has 1 N–H and O–H groups in total. The lowest BCUT2D eigenvalue weighted by Crippen LogP contribution is -2.18. The molecule has 0 aliphatic heterocycles. The molecule has 0 spiro atoms. The molecule has 6 heteroatoms. The predicted molar refractivity (Wildman–Crippen MR) is 111 cm³/mol. The van der Waals surface area contributed by atoms with Gasteiger partial charge in [0.1, 0.15) is 18.2 Å². The minimum atomic E-state index is -0.460. The molecule has 0 fully saturated rings. The van der Waals surface area contributed by atoms with Crippen LogP contribution in [0.15, 0.2) is 72.8 Å². The lowest BCUT2D eigenvalue weighted by molar-refractivity contribution is 0.102. The van der Waals surface area contributed by atoms with E-state index >= 15 is 0 Å². The minimum Gasteiger partial charge on any atom is -0.492 e. The Morgan fingerprint density at radius 2 is 1.90 bits per heavy atom. The summed E-state index contributed by atoms with van der Waals surface area (Å²) >= 11 is 0. The van der Waals surface area contributed by atoms with E-state index in [0.717, 1.165) is 22.3 Å². The van der Waals surface area contributed by atoms with Gasteiger partial charge in [-0.2, -0.15) is 0 Å². The number of ether oxygens (including phenoxy) is 1. The second-order valence-electron chi connectivity index (χ2n) is 6.71. The van der Waals surface area contributed by atoms with Crippen LogP contribution < -0.4 is 10.1 Å². The number of anilines is 1. The van der Waals surface area contributed by atoms with Gasteiger partial charge in [0.2, 0.25) is 5.95 Å². The predicted octanol–water partition coefficient (Wildman–Crippen LogP) is 4.82. The van der Waals surface area contributed by atoms with Crippen LogP contribution in [0.2, 0.25) is 0 Å². The van der Waals surface area contributed by atoms with Crippen molar-refractivity contribution in [3.63, 3.8) is 0 Å². The Kier molecular flexibility index (Phi) is 5.24. The van der Waals surface area contributed by atoms with Gasteiger partial charge in [0.25, 0.3) is 5.91 Å². The quantitative estimate of drug-likeness (QED) is 0.515. The number of amides is 1. The van der Waals surface area contributed by atoms with Crippen LogP contribution in [-0.2, 0) is 6.54 Å². The van der Waals surface area contributed by atoms with Crippen molar-refractivity contribution < 1.29 is 13.9 Å². The average molecular weight is 389 g/mol. The van der Waals surface area contributed by atoms with Gasteiger partial charge in [-0.3, -0.25) is 10.1 Å². The first kappa shape index (κ1) is 18.7. The summed E-state index contributed by atoms with van der Waals surface area (Å²) in [5.74, 6) is 0.312. The second kappa shape index (κ2) is 8.14. The molecule has 146 valence electrons. The smallest absolute Gasteiger partial charge is 0.258 e. The molecule has 0 atom stereocenters. The van der Waals surface area contributed by atoms with Crippen LogP contribution in [0.5, 0.6) is 5.75 Å². The van der Waals surface area contributed by atoms with E-state index in [0.29, 0.717) is 19.1 Å². The fourth-order valence-corrected chi connectivity index (χ4v) is 3.16. The number of aromatic nitrogens is 2. The van der Waals surface area contributed by atoms with Gasteiger partial charge in [-0.05, 0) is 55.0 Å². The lowest BCUT2D eigenvalue weighted by Gasteiger charge is -2.12. The van der Waals surface area contributed by atoms with Gasteiger partial charge in [-0.1, -0.05) is 30.3 Å². The summed E-state index contributed by atoms with van der Waals surface area (Å²) in [4.78, 5) is 17.1. The summed E-state index contributed by atoms with van der Waals surface area (Å²) in [6.45, 7) is 2.91. The largest absolute Gasteiger partial charge is 0.492 e. The molecule has 1 heterocycles. The van der Waals surface area contributed by atoms with E-state index in [-0.39, 0.29) is 5.56 Å². The number of carbonyl (C=O) groups excluding carboxylic acids is 1. The number of halogens is 1. The number of para-hydroxylation sites is 2. The SMILES string of the molecule is Cc1cccc(OCCn2c(NC(=O)c3cccc(F)c3)nc3ccccc32)c1. The Bertz CT molecular complexity index is 1170. The van der Waals surface area contributed by atoms with Crippen molar-refractivity contribution in [2.45, 2.75) is 13.5 Å². The van der Waals surface area contributed by atoms with Crippen molar-refractivity contribution in [3.8, 4) is 5.75 Å². The maximum atomic E-state index is 13.5. The van der Waals surface area contributed by atoms with E-state index in [4.69, 9.17) is 4.74 Å². The number of hydrogen-bond donors (Lipinski definition) is 1. The van der Waals surface area contributed by atoms with Gasteiger partial charge in [0.05, 0.1) is 17.6 Å². The monoisotopic (exact) mass is 389 g/mol. The number of aryl methyl sites for hydroxylation is 1. The molecule has 3 aromatic carbocycles. The number of nitrogens with zero attached hydrogens (tertiary/aromatic N) is 2. The van der Waals surface area contributed by atoms with Crippen LogP contribution in [-0.4, -0.2) is 22.1 Å². The van der Waals surface area contributed by atoms with E-state index in [1.807, 2.05) is 60.0 Å². The van der Waals surface area contributed by atoms with Crippen molar-refractivity contribution in [3.05, 3.63) is 89.7 Å². The third kappa shape index (κ3) is 4.27. The van der Waals surface area contributed by atoms with E-state index in [1.54, 1.807) is 6.07 Å². The topological polar surface area (TPSA) is 56.1 Å². The highest BCUT2D eigenvalue weighted by Gasteiger charge is 2.15. The van der Waals surface area contributed by atoms with Crippen LogP contribution >= 0.6 is 0 Å². The van der Waals surface area contributed by atoms with Gasteiger partial charge in [-0.25, -0.2) is 9.37 Å². The van der Waals surface area contributed by atoms with E-state index in [1.165, 1.54) is 18.2 Å². The Morgan fingerprint density at radius 1 is 1.07 bits per heavy atom. The van der Waals surface area contributed by atoms with Crippen molar-refractivity contribution >= 4 is 22.9 Å². The zero-order valence-electron chi connectivity index (χ0n) is 15.9. The van der Waals surface area contributed by atoms with Gasteiger partial charge in [0.15, 0.2) is 0 Å². The van der Waals surface area contributed by atoms with Crippen molar-refractivity contribution in [2.24, 2.45) is 0 Å². The first-order valence-corrected chi connectivity index (χ1v) is 9.32. The highest BCUT2D eigenvalue weighted by Crippen LogP contribution is 2.21. The highest BCUT2D eigenvalue weighted by molar-refractivity contribution is 6.04. The van der Waals surface area contributed by atoms with E-state index < -0.39 is 11.7 Å². The van der Waals surface area contributed by atoms with Crippen LogP contribution in [0.25, 0.3) is 11.0 Å². The zero-order chi connectivity index (χ0) is 20.2. The van der Waals surface area contributed by atoms with Gasteiger partial charge >= 0.3 is 0 Å². The summed E-state index contributed by atoms with van der Waals surface area (Å²) < 4.78 is 21.2. The molecule has 1 amide bonds. The molecule has 0 aliphatic rings. The average Bonchev–Trinajstić information content (AvgIpc) is 3.05. The third-order valence-electron chi connectivity index (χ3n) is 4.54. The Hall–Kier alpha value is -3.67. The van der Waals surface area contributed by atoms with Crippen molar-refractivity contribution in [2.75, 3.05) is 11.9 Å². The third-order valence-corrected chi connectivity index (χ3v) is 4.54. The van der Waals surface area contributed by atoms with Crippen molar-refractivity contribution in [1.82, 2.24) is 9.55 Å². The summed E-state index contributed by atoms with van der Waals surface area (Å²) in [7, 11) is 0. The maximum Gasteiger partial charge on any atom is 0.258 e. The number of rotatable bonds is 6. The van der Waals surface area contributed by atoms with Gasteiger partial charge in [0, 0.05) is 5.56 Å². The molecule has 0 unspecified atom stereocenters. The molecule has 29 heavy (non-hydrogen) atoms. The van der Waals surface area contributed by atoms with E-state index in [2.05, 4.69) is 10.3 Å². The Balaban J connectivity index is 1.56. The fourth-order valence-electron chi connectivity index (χ4n) is 3.16. The fraction of sp³-hybridized carbons (Fsp3) is 0.130. The molecule has 1 aromatic heterocycles. The van der Waals surface area contributed by atoms with Crippen molar-refractivity contribution in [1.29, 1.82) is 0 Å². The molecule has 0 radical (unpaired) electrons. The number of imidazole rings is 1. The first-order valence-electron chi connectivity index (χ1n) is 9.32. The standard InChI is InChI=1S/C23H20FN3O2/c1-16-6-4-9-19(14-16)29-13-12-27-21-11-3-2-10-20(21)25-23(27)26-22(28)17-7-5-8-18(24)15-17/h2-11,14-15H,12-13H2,1H3,(H,25,26,28). The van der Waals surface area contributed by atoms with Gasteiger partial charge < -0.3 is 9.30 Å². The summed E-state index contributed by atoms with van der Waals surface area (Å²) in [5.41, 5.74) is 3.01. The van der Waals surface area contributed by atoms with Gasteiger partial charge in [-0.15, -0.1) is 0 Å². The molecular formula is C23H20FN3O2. The molecular weight excluding hydrogens is 369 g/mol. The number of benzene rings is 3. The maximum absolute atomic E-state index is 13.5. The number of nitrogens with one attached hydrogen (secondary N) is 1. The minimum absolute atomic E-state index is 0.236. The highest BCUT2D eigenvalue weighted by atomic mass is 19.1. The molecule has 4 aromatic rings. The summed E-state index contributed by atoms with van der Waals surface area (Å²) in [5, 5.41) is 2.79. The molecule has 0 bridgehead atoms. The number of fused-ring (bicyclic) bond motifs is 1. The number of hydrogen-bond acceptors (Lipinski definition) is 3. The molecule has 0 saturated carbocycles. The molecule has 0 saturated heterocycles. The van der Waals surface area contributed by atoms with Crippen LogP contribution in [0.1, 0.15) is 15.9 Å². The Morgan fingerprint density at radius 3 is 2.72 bits per heavy atom. The number of carbonyl (C=O) groups is 1. The zero-order valence-corrected chi connectivity index (χ0v) is 15.9. The van der Waals surface area contributed by atoms with E-state index in [9.17, 15) is 9.18 Å². The molecule has 4 rings (SSSR count). The first-order chi connectivity index (χ1) is 14.1. The summed E-state index contributed by atoms with van der Waals surface area (Å²) in [6, 6.07) is 21.0. The normalized spacial score (nSPS) is 10.8. The Labute approximate surface area is 167 Å². The second-order valence-corrected chi connectivity index (χ2v) is 6.71. The van der Waals surface area contributed by atoms with Crippen LogP contribution in [0, 0.1) is 12.7 Å². The molecule has 0 aliphatic carbocycles. The molecule has 5 nitrogen and oxygen atoms in total.